The average Bonchev–Trinajstić information content (AvgIpc) is 2.56. The number of hydrogen-bond acceptors (Lipinski definition) is 3. The molecule has 0 atom stereocenters. The lowest BCUT2D eigenvalue weighted by Gasteiger charge is -2.36. The highest BCUT2D eigenvalue weighted by molar-refractivity contribution is 5.95. The zero-order valence-corrected chi connectivity index (χ0v) is 12.7. The zero-order chi connectivity index (χ0) is 15.5. The number of piperazine rings is 1. The molecule has 4 nitrogen and oxygen atoms in total. The predicted octanol–water partition coefficient (Wildman–Crippen LogP) is 2.66. The number of benzene rings is 2. The summed E-state index contributed by atoms with van der Waals surface area (Å²) in [4.78, 5) is 16.7. The van der Waals surface area contributed by atoms with Crippen LogP contribution in [0.2, 0.25) is 0 Å². The van der Waals surface area contributed by atoms with Crippen LogP contribution < -0.4 is 4.90 Å². The van der Waals surface area contributed by atoms with Crippen LogP contribution in [0.25, 0.3) is 0 Å². The summed E-state index contributed by atoms with van der Waals surface area (Å²) in [6.45, 7) is 5.02. The minimum Gasteiger partial charge on any atom is -0.508 e. The third-order valence-corrected chi connectivity index (χ3v) is 4.16. The largest absolute Gasteiger partial charge is 0.508 e. The number of aromatic hydroxyl groups is 1. The van der Waals surface area contributed by atoms with Gasteiger partial charge in [0.1, 0.15) is 5.75 Å². The number of carbonyl (C=O) groups excluding carboxylic acids is 1. The van der Waals surface area contributed by atoms with E-state index in [0.29, 0.717) is 13.1 Å². The van der Waals surface area contributed by atoms with Crippen molar-refractivity contribution >= 4 is 11.6 Å². The number of anilines is 1. The summed E-state index contributed by atoms with van der Waals surface area (Å²) in [5, 5.41) is 9.35. The predicted molar refractivity (Wildman–Crippen MR) is 87.4 cm³/mol. The summed E-state index contributed by atoms with van der Waals surface area (Å²) in [7, 11) is 0. The number of phenolic OH excluding ortho intramolecular Hbond substituents is 1. The molecule has 2 aromatic rings. The van der Waals surface area contributed by atoms with Crippen LogP contribution in [0.4, 0.5) is 5.69 Å². The first kappa shape index (κ1) is 14.4. The van der Waals surface area contributed by atoms with Gasteiger partial charge >= 0.3 is 0 Å². The topological polar surface area (TPSA) is 43.8 Å². The van der Waals surface area contributed by atoms with Gasteiger partial charge < -0.3 is 14.9 Å². The molecular weight excluding hydrogens is 276 g/mol. The molecule has 1 fully saturated rings. The molecule has 0 saturated carbocycles. The van der Waals surface area contributed by atoms with Crippen molar-refractivity contribution in [1.29, 1.82) is 0 Å². The fraction of sp³-hybridized carbons (Fsp3) is 0.278. The maximum absolute atomic E-state index is 12.6. The first-order valence-electron chi connectivity index (χ1n) is 7.54. The Morgan fingerprint density at radius 2 is 1.59 bits per heavy atom. The van der Waals surface area contributed by atoms with E-state index >= 15 is 0 Å². The van der Waals surface area contributed by atoms with Crippen LogP contribution in [0.3, 0.4) is 0 Å². The summed E-state index contributed by atoms with van der Waals surface area (Å²) in [5.41, 5.74) is 2.90. The molecule has 1 aliphatic rings. The number of rotatable bonds is 2. The summed E-state index contributed by atoms with van der Waals surface area (Å²) in [5.74, 6) is 0.389. The second-order valence-corrected chi connectivity index (χ2v) is 5.61. The zero-order valence-electron chi connectivity index (χ0n) is 12.7. The van der Waals surface area contributed by atoms with E-state index < -0.39 is 0 Å². The second-order valence-electron chi connectivity index (χ2n) is 5.61. The molecule has 1 heterocycles. The Morgan fingerprint density at radius 1 is 0.955 bits per heavy atom. The molecule has 0 radical (unpaired) electrons. The summed E-state index contributed by atoms with van der Waals surface area (Å²) in [6, 6.07) is 14.9. The van der Waals surface area contributed by atoms with Crippen molar-refractivity contribution in [2.45, 2.75) is 6.92 Å². The first-order chi connectivity index (χ1) is 10.6. The summed E-state index contributed by atoms with van der Waals surface area (Å²) in [6.07, 6.45) is 0. The Balaban J connectivity index is 1.65. The maximum Gasteiger partial charge on any atom is 0.254 e. The second kappa shape index (κ2) is 6.10. The van der Waals surface area contributed by atoms with Crippen LogP contribution in [0.5, 0.6) is 5.75 Å². The Kier molecular flexibility index (Phi) is 4.00. The van der Waals surface area contributed by atoms with Crippen LogP contribution in [0, 0.1) is 6.92 Å². The van der Waals surface area contributed by atoms with Crippen molar-refractivity contribution in [3.05, 3.63) is 59.7 Å². The first-order valence-corrected chi connectivity index (χ1v) is 7.54. The van der Waals surface area contributed by atoms with Crippen LogP contribution in [0.15, 0.2) is 48.5 Å². The monoisotopic (exact) mass is 296 g/mol. The Labute approximate surface area is 130 Å². The van der Waals surface area contributed by atoms with Crippen molar-refractivity contribution in [3.8, 4) is 5.75 Å². The van der Waals surface area contributed by atoms with Gasteiger partial charge in [-0.15, -0.1) is 0 Å². The van der Waals surface area contributed by atoms with E-state index in [1.54, 1.807) is 12.1 Å². The SMILES string of the molecule is Cc1ccccc1C(=O)N1CCN(c2ccc(O)cc2)CC1. The lowest BCUT2D eigenvalue weighted by Crippen LogP contribution is -2.48. The maximum atomic E-state index is 12.6. The van der Waals surface area contributed by atoms with E-state index in [1.807, 2.05) is 48.2 Å². The van der Waals surface area contributed by atoms with Crippen molar-refractivity contribution < 1.29 is 9.90 Å². The molecule has 1 saturated heterocycles. The van der Waals surface area contributed by atoms with Gasteiger partial charge in [-0.2, -0.15) is 0 Å². The number of carbonyl (C=O) groups is 1. The molecule has 114 valence electrons. The fourth-order valence-corrected chi connectivity index (χ4v) is 2.81. The number of amides is 1. The quantitative estimate of drug-likeness (QED) is 0.926. The van der Waals surface area contributed by atoms with Gasteiger partial charge in [0.15, 0.2) is 0 Å². The van der Waals surface area contributed by atoms with Crippen molar-refractivity contribution in [1.82, 2.24) is 4.90 Å². The third-order valence-electron chi connectivity index (χ3n) is 4.16. The Bertz CT molecular complexity index is 659. The number of nitrogens with zero attached hydrogens (tertiary/aromatic N) is 2. The molecular formula is C18H20N2O2. The highest BCUT2D eigenvalue weighted by atomic mass is 16.3. The van der Waals surface area contributed by atoms with E-state index in [0.717, 1.165) is 29.9 Å². The number of hydrogen-bond donors (Lipinski definition) is 1. The highest BCUT2D eigenvalue weighted by Crippen LogP contribution is 2.20. The lowest BCUT2D eigenvalue weighted by molar-refractivity contribution is 0.0746. The van der Waals surface area contributed by atoms with Gasteiger partial charge in [-0.1, -0.05) is 18.2 Å². The normalized spacial score (nSPS) is 15.0. The Hall–Kier alpha value is -2.49. The van der Waals surface area contributed by atoms with E-state index in [1.165, 1.54) is 0 Å². The average molecular weight is 296 g/mol. The van der Waals surface area contributed by atoms with Gasteiger partial charge in [0.05, 0.1) is 0 Å². The minimum absolute atomic E-state index is 0.114. The lowest BCUT2D eigenvalue weighted by atomic mass is 10.1. The molecule has 4 heteroatoms. The van der Waals surface area contributed by atoms with Gasteiger partial charge in [0.2, 0.25) is 0 Å². The summed E-state index contributed by atoms with van der Waals surface area (Å²) < 4.78 is 0. The van der Waals surface area contributed by atoms with Gasteiger partial charge in [0, 0.05) is 37.4 Å². The molecule has 0 aliphatic carbocycles. The van der Waals surface area contributed by atoms with E-state index in [4.69, 9.17) is 0 Å². The van der Waals surface area contributed by atoms with E-state index in [2.05, 4.69) is 4.90 Å². The highest BCUT2D eigenvalue weighted by Gasteiger charge is 2.23. The molecule has 22 heavy (non-hydrogen) atoms. The number of aryl methyl sites for hydroxylation is 1. The van der Waals surface area contributed by atoms with Gasteiger partial charge in [-0.25, -0.2) is 0 Å². The number of phenols is 1. The van der Waals surface area contributed by atoms with Crippen LogP contribution in [-0.4, -0.2) is 42.1 Å². The molecule has 0 bridgehead atoms. The standard InChI is InChI=1S/C18H20N2O2/c1-14-4-2-3-5-17(14)18(22)20-12-10-19(11-13-20)15-6-8-16(21)9-7-15/h2-9,21H,10-13H2,1H3. The van der Waals surface area contributed by atoms with Crippen molar-refractivity contribution in [2.75, 3.05) is 31.1 Å². The minimum atomic E-state index is 0.114. The molecule has 1 aliphatic heterocycles. The molecule has 0 spiro atoms. The van der Waals surface area contributed by atoms with E-state index in [-0.39, 0.29) is 11.7 Å². The molecule has 0 unspecified atom stereocenters. The van der Waals surface area contributed by atoms with Crippen LogP contribution in [-0.2, 0) is 0 Å². The Morgan fingerprint density at radius 3 is 2.23 bits per heavy atom. The summed E-state index contributed by atoms with van der Waals surface area (Å²) >= 11 is 0. The molecule has 0 aromatic heterocycles. The smallest absolute Gasteiger partial charge is 0.254 e. The van der Waals surface area contributed by atoms with Crippen molar-refractivity contribution in [2.24, 2.45) is 0 Å². The fourth-order valence-electron chi connectivity index (χ4n) is 2.81. The molecule has 1 N–H and O–H groups in total. The third kappa shape index (κ3) is 2.91. The van der Waals surface area contributed by atoms with E-state index in [9.17, 15) is 9.90 Å². The van der Waals surface area contributed by atoms with Gasteiger partial charge in [0.25, 0.3) is 5.91 Å². The van der Waals surface area contributed by atoms with Crippen LogP contribution in [0.1, 0.15) is 15.9 Å². The van der Waals surface area contributed by atoms with Gasteiger partial charge in [-0.05, 0) is 42.8 Å². The van der Waals surface area contributed by atoms with Crippen molar-refractivity contribution in [3.63, 3.8) is 0 Å². The van der Waals surface area contributed by atoms with Crippen LogP contribution >= 0.6 is 0 Å². The molecule has 1 amide bonds. The molecule has 2 aromatic carbocycles. The van der Waals surface area contributed by atoms with Gasteiger partial charge in [-0.3, -0.25) is 4.79 Å². The molecule has 3 rings (SSSR count).